The van der Waals surface area contributed by atoms with E-state index in [-0.39, 0.29) is 11.7 Å². The van der Waals surface area contributed by atoms with Crippen LogP contribution in [0.3, 0.4) is 0 Å². The first-order chi connectivity index (χ1) is 9.65. The van der Waals surface area contributed by atoms with Gasteiger partial charge in [-0.1, -0.05) is 24.3 Å². The van der Waals surface area contributed by atoms with Gasteiger partial charge in [0.1, 0.15) is 0 Å². The molecule has 1 nitrogen and oxygen atoms in total. The molecule has 0 heterocycles. The van der Waals surface area contributed by atoms with Crippen LogP contribution in [0.25, 0.3) is 0 Å². The van der Waals surface area contributed by atoms with E-state index in [0.29, 0.717) is 0 Å². The van der Waals surface area contributed by atoms with Crippen LogP contribution in [0.2, 0.25) is 0 Å². The summed E-state index contributed by atoms with van der Waals surface area (Å²) < 4.78 is 39.7. The van der Waals surface area contributed by atoms with Crippen molar-refractivity contribution in [1.29, 1.82) is 0 Å². The molecule has 0 saturated heterocycles. The van der Waals surface area contributed by atoms with Crippen molar-refractivity contribution in [2.75, 3.05) is 5.32 Å². The molecular weight excluding hydrogens is 263 g/mol. The van der Waals surface area contributed by atoms with E-state index in [1.54, 1.807) is 0 Å². The lowest BCUT2D eigenvalue weighted by Gasteiger charge is -2.26. The molecule has 1 aliphatic rings. The number of hydrogen-bond donors (Lipinski definition) is 1. The van der Waals surface area contributed by atoms with Gasteiger partial charge in [0, 0.05) is 6.04 Å². The Balaban J connectivity index is 1.79. The SMILES string of the molecule is Fc1ccc(NC2CCc3ccccc3C2)c(F)c1F. The van der Waals surface area contributed by atoms with Gasteiger partial charge < -0.3 is 5.32 Å². The average molecular weight is 277 g/mol. The minimum absolute atomic E-state index is 0.0216. The van der Waals surface area contributed by atoms with Crippen LogP contribution in [0.15, 0.2) is 36.4 Å². The first-order valence-corrected chi connectivity index (χ1v) is 6.62. The van der Waals surface area contributed by atoms with Gasteiger partial charge in [0.2, 0.25) is 0 Å². The molecule has 3 rings (SSSR count). The molecule has 0 bridgehead atoms. The fourth-order valence-electron chi connectivity index (χ4n) is 2.68. The van der Waals surface area contributed by atoms with Crippen molar-refractivity contribution in [2.45, 2.75) is 25.3 Å². The molecule has 1 N–H and O–H groups in total. The smallest absolute Gasteiger partial charge is 0.196 e. The minimum Gasteiger partial charge on any atom is -0.380 e. The van der Waals surface area contributed by atoms with Gasteiger partial charge in [-0.25, -0.2) is 13.2 Å². The summed E-state index contributed by atoms with van der Waals surface area (Å²) in [5, 5.41) is 2.98. The van der Waals surface area contributed by atoms with Crippen molar-refractivity contribution in [3.63, 3.8) is 0 Å². The van der Waals surface area contributed by atoms with Gasteiger partial charge in [0.05, 0.1) is 5.69 Å². The Kier molecular flexibility index (Phi) is 3.38. The van der Waals surface area contributed by atoms with E-state index in [0.717, 1.165) is 25.3 Å². The Bertz CT molecular complexity index is 640. The van der Waals surface area contributed by atoms with Crippen LogP contribution in [0.5, 0.6) is 0 Å². The van der Waals surface area contributed by atoms with Crippen LogP contribution in [0.1, 0.15) is 17.5 Å². The number of rotatable bonds is 2. The zero-order valence-corrected chi connectivity index (χ0v) is 10.8. The number of hydrogen-bond acceptors (Lipinski definition) is 1. The Morgan fingerprint density at radius 2 is 1.65 bits per heavy atom. The highest BCUT2D eigenvalue weighted by Crippen LogP contribution is 2.26. The van der Waals surface area contributed by atoms with E-state index >= 15 is 0 Å². The second-order valence-corrected chi connectivity index (χ2v) is 5.08. The number of aryl methyl sites for hydroxylation is 1. The van der Waals surface area contributed by atoms with E-state index in [1.807, 2.05) is 18.2 Å². The summed E-state index contributed by atoms with van der Waals surface area (Å²) in [5.74, 6) is -3.74. The van der Waals surface area contributed by atoms with E-state index in [4.69, 9.17) is 0 Å². The van der Waals surface area contributed by atoms with Crippen LogP contribution in [0.4, 0.5) is 18.9 Å². The molecule has 0 aromatic heterocycles. The molecule has 1 aliphatic carbocycles. The Labute approximate surface area is 115 Å². The molecule has 2 aromatic carbocycles. The fourth-order valence-corrected chi connectivity index (χ4v) is 2.68. The molecule has 0 spiro atoms. The minimum atomic E-state index is -1.42. The molecule has 0 saturated carbocycles. The topological polar surface area (TPSA) is 12.0 Å². The van der Waals surface area contributed by atoms with Crippen LogP contribution in [0, 0.1) is 17.5 Å². The lowest BCUT2D eigenvalue weighted by atomic mass is 9.88. The largest absolute Gasteiger partial charge is 0.380 e. The van der Waals surface area contributed by atoms with Gasteiger partial charge in [0.15, 0.2) is 17.5 Å². The van der Waals surface area contributed by atoms with E-state index in [2.05, 4.69) is 11.4 Å². The third-order valence-corrected chi connectivity index (χ3v) is 3.74. The highest BCUT2D eigenvalue weighted by atomic mass is 19.2. The monoisotopic (exact) mass is 277 g/mol. The first kappa shape index (κ1) is 13.0. The zero-order valence-electron chi connectivity index (χ0n) is 10.8. The fraction of sp³-hybridized carbons (Fsp3) is 0.250. The predicted octanol–water partition coefficient (Wildman–Crippen LogP) is 4.07. The molecule has 1 unspecified atom stereocenters. The highest BCUT2D eigenvalue weighted by Gasteiger charge is 2.20. The van der Waals surface area contributed by atoms with Crippen molar-refractivity contribution >= 4 is 5.69 Å². The van der Waals surface area contributed by atoms with Gasteiger partial charge in [-0.05, 0) is 42.5 Å². The molecule has 0 radical (unpaired) electrons. The van der Waals surface area contributed by atoms with E-state index < -0.39 is 17.5 Å². The third-order valence-electron chi connectivity index (χ3n) is 3.74. The number of halogens is 3. The summed E-state index contributed by atoms with van der Waals surface area (Å²) in [6, 6.07) is 10.3. The quantitative estimate of drug-likeness (QED) is 0.816. The molecule has 0 aliphatic heterocycles. The second kappa shape index (κ2) is 5.19. The molecule has 0 amide bonds. The average Bonchev–Trinajstić information content (AvgIpc) is 2.48. The van der Waals surface area contributed by atoms with Crippen molar-refractivity contribution in [3.8, 4) is 0 Å². The lowest BCUT2D eigenvalue weighted by molar-refractivity contribution is 0.447. The second-order valence-electron chi connectivity index (χ2n) is 5.08. The van der Waals surface area contributed by atoms with Gasteiger partial charge in [0.25, 0.3) is 0 Å². The number of fused-ring (bicyclic) bond motifs is 1. The molecule has 1 atom stereocenters. The maximum Gasteiger partial charge on any atom is 0.196 e. The highest BCUT2D eigenvalue weighted by molar-refractivity contribution is 5.47. The molecule has 20 heavy (non-hydrogen) atoms. The molecule has 4 heteroatoms. The van der Waals surface area contributed by atoms with Crippen molar-refractivity contribution in [1.82, 2.24) is 0 Å². The summed E-state index contributed by atoms with van der Waals surface area (Å²) in [5.41, 5.74) is 2.55. The van der Waals surface area contributed by atoms with Crippen LogP contribution < -0.4 is 5.32 Å². The summed E-state index contributed by atoms with van der Waals surface area (Å²) in [6.07, 6.45) is 2.50. The molecule has 2 aromatic rings. The Morgan fingerprint density at radius 3 is 2.45 bits per heavy atom. The molecule has 104 valence electrons. The molecular formula is C16H14F3N. The standard InChI is InChI=1S/C16H14F3N/c17-13-7-8-14(16(19)15(13)18)20-12-6-5-10-3-1-2-4-11(10)9-12/h1-4,7-8,12,20H,5-6,9H2. The summed E-state index contributed by atoms with van der Waals surface area (Å²) in [4.78, 5) is 0. The van der Waals surface area contributed by atoms with Gasteiger partial charge >= 0.3 is 0 Å². The van der Waals surface area contributed by atoms with Crippen molar-refractivity contribution < 1.29 is 13.2 Å². The van der Waals surface area contributed by atoms with Crippen LogP contribution in [-0.4, -0.2) is 6.04 Å². The number of anilines is 1. The number of nitrogens with one attached hydrogen (secondary N) is 1. The molecule has 0 fully saturated rings. The van der Waals surface area contributed by atoms with Crippen molar-refractivity contribution in [2.24, 2.45) is 0 Å². The van der Waals surface area contributed by atoms with E-state index in [9.17, 15) is 13.2 Å². The Morgan fingerprint density at radius 1 is 0.900 bits per heavy atom. The summed E-state index contributed by atoms with van der Waals surface area (Å²) >= 11 is 0. The lowest BCUT2D eigenvalue weighted by Crippen LogP contribution is -2.27. The zero-order chi connectivity index (χ0) is 14.1. The summed E-state index contributed by atoms with van der Waals surface area (Å²) in [6.45, 7) is 0. The predicted molar refractivity (Wildman–Crippen MR) is 72.2 cm³/mol. The van der Waals surface area contributed by atoms with Crippen LogP contribution >= 0.6 is 0 Å². The Hall–Kier alpha value is -1.97. The third kappa shape index (κ3) is 2.38. The maximum absolute atomic E-state index is 13.6. The maximum atomic E-state index is 13.6. The van der Waals surface area contributed by atoms with Gasteiger partial charge in [-0.3, -0.25) is 0 Å². The van der Waals surface area contributed by atoms with Crippen molar-refractivity contribution in [3.05, 3.63) is 65.0 Å². The first-order valence-electron chi connectivity index (χ1n) is 6.62. The van der Waals surface area contributed by atoms with Crippen LogP contribution in [-0.2, 0) is 12.8 Å². The van der Waals surface area contributed by atoms with Gasteiger partial charge in [-0.2, -0.15) is 0 Å². The van der Waals surface area contributed by atoms with Gasteiger partial charge in [-0.15, -0.1) is 0 Å². The normalized spacial score (nSPS) is 17.6. The number of benzene rings is 2. The van der Waals surface area contributed by atoms with E-state index in [1.165, 1.54) is 17.2 Å². The summed E-state index contributed by atoms with van der Waals surface area (Å²) in [7, 11) is 0.